The lowest BCUT2D eigenvalue weighted by atomic mass is 9.74. The predicted molar refractivity (Wildman–Crippen MR) is 135 cm³/mol. The van der Waals surface area contributed by atoms with Crippen molar-refractivity contribution in [3.05, 3.63) is 23.3 Å². The van der Waals surface area contributed by atoms with Gasteiger partial charge in [0.15, 0.2) is 0 Å². The first-order valence-corrected chi connectivity index (χ1v) is 12.6. The quantitative estimate of drug-likeness (QED) is 0.242. The Morgan fingerprint density at radius 1 is 0.667 bits per heavy atom. The SMILES string of the molecule is CCCCCCCCCCCCCCOc1c(N)ccc(C(C)(C)C)c1C(C)(C)C. The second-order valence-corrected chi connectivity index (χ2v) is 11.1. The molecule has 0 aliphatic rings. The van der Waals surface area contributed by atoms with Crippen LogP contribution in [0.3, 0.4) is 0 Å². The lowest BCUT2D eigenvalue weighted by molar-refractivity contribution is 0.296. The molecule has 0 bridgehead atoms. The van der Waals surface area contributed by atoms with Gasteiger partial charge in [-0.15, -0.1) is 0 Å². The van der Waals surface area contributed by atoms with Crippen LogP contribution >= 0.6 is 0 Å². The zero-order chi connectivity index (χ0) is 22.6. The predicted octanol–water partition coefficient (Wildman–Crippen LogP) is 8.94. The molecule has 0 spiro atoms. The van der Waals surface area contributed by atoms with E-state index >= 15 is 0 Å². The summed E-state index contributed by atoms with van der Waals surface area (Å²) in [5, 5.41) is 0. The molecule has 1 aromatic rings. The number of hydrogen-bond acceptors (Lipinski definition) is 2. The van der Waals surface area contributed by atoms with Crippen LogP contribution in [0.4, 0.5) is 5.69 Å². The van der Waals surface area contributed by atoms with Crippen LogP contribution in [-0.2, 0) is 10.8 Å². The molecule has 1 rings (SSSR count). The second kappa shape index (κ2) is 13.3. The fraction of sp³-hybridized carbons (Fsp3) is 0.786. The lowest BCUT2D eigenvalue weighted by Crippen LogP contribution is -2.24. The van der Waals surface area contributed by atoms with Crippen LogP contribution in [0.15, 0.2) is 12.1 Å². The van der Waals surface area contributed by atoms with Gasteiger partial charge in [0.1, 0.15) is 5.75 Å². The summed E-state index contributed by atoms with van der Waals surface area (Å²) in [6.45, 7) is 16.6. The van der Waals surface area contributed by atoms with Crippen molar-refractivity contribution in [3.63, 3.8) is 0 Å². The number of anilines is 1. The van der Waals surface area contributed by atoms with Crippen LogP contribution in [0.2, 0.25) is 0 Å². The number of nitrogen functional groups attached to an aromatic ring is 1. The zero-order valence-corrected chi connectivity index (χ0v) is 21.3. The molecular weight excluding hydrogens is 366 g/mol. The van der Waals surface area contributed by atoms with E-state index in [1.54, 1.807) is 0 Å². The van der Waals surface area contributed by atoms with Gasteiger partial charge in [0, 0.05) is 5.56 Å². The smallest absolute Gasteiger partial charge is 0.146 e. The number of unbranched alkanes of at least 4 members (excludes halogenated alkanes) is 11. The second-order valence-electron chi connectivity index (χ2n) is 11.1. The summed E-state index contributed by atoms with van der Waals surface area (Å²) in [6.07, 6.45) is 16.3. The molecule has 0 saturated heterocycles. The van der Waals surface area contributed by atoms with E-state index in [1.165, 1.54) is 81.8 Å². The van der Waals surface area contributed by atoms with E-state index < -0.39 is 0 Å². The van der Waals surface area contributed by atoms with Crippen LogP contribution in [-0.4, -0.2) is 6.61 Å². The Morgan fingerprint density at radius 2 is 1.13 bits per heavy atom. The van der Waals surface area contributed by atoms with Crippen molar-refractivity contribution >= 4 is 5.69 Å². The van der Waals surface area contributed by atoms with Crippen LogP contribution in [0.25, 0.3) is 0 Å². The first-order chi connectivity index (χ1) is 14.1. The number of rotatable bonds is 14. The molecule has 2 heteroatoms. The topological polar surface area (TPSA) is 35.2 Å². The largest absolute Gasteiger partial charge is 0.491 e. The van der Waals surface area contributed by atoms with Crippen molar-refractivity contribution in [3.8, 4) is 5.75 Å². The minimum atomic E-state index is 0.00384. The zero-order valence-electron chi connectivity index (χ0n) is 21.3. The van der Waals surface area contributed by atoms with Gasteiger partial charge >= 0.3 is 0 Å². The number of benzene rings is 1. The molecule has 0 aliphatic heterocycles. The highest BCUT2D eigenvalue weighted by Crippen LogP contribution is 2.42. The first kappa shape index (κ1) is 26.9. The van der Waals surface area contributed by atoms with Crippen LogP contribution in [0.5, 0.6) is 5.75 Å². The third-order valence-corrected chi connectivity index (χ3v) is 5.99. The number of ether oxygens (including phenoxy) is 1. The highest BCUT2D eigenvalue weighted by molar-refractivity contribution is 5.62. The maximum absolute atomic E-state index is 6.35. The monoisotopic (exact) mass is 417 g/mol. The van der Waals surface area contributed by atoms with Crippen molar-refractivity contribution in [2.24, 2.45) is 0 Å². The fourth-order valence-corrected chi connectivity index (χ4v) is 4.24. The van der Waals surface area contributed by atoms with Crippen molar-refractivity contribution in [2.75, 3.05) is 12.3 Å². The third kappa shape index (κ3) is 9.75. The molecule has 2 N–H and O–H groups in total. The fourth-order valence-electron chi connectivity index (χ4n) is 4.24. The summed E-state index contributed by atoms with van der Waals surface area (Å²) in [7, 11) is 0. The van der Waals surface area contributed by atoms with Gasteiger partial charge in [-0.1, -0.05) is 125 Å². The van der Waals surface area contributed by atoms with Gasteiger partial charge in [-0.25, -0.2) is 0 Å². The van der Waals surface area contributed by atoms with Gasteiger partial charge in [-0.3, -0.25) is 0 Å². The Labute approximate surface area is 188 Å². The number of hydrogen-bond donors (Lipinski definition) is 1. The van der Waals surface area contributed by atoms with Gasteiger partial charge in [0.25, 0.3) is 0 Å². The van der Waals surface area contributed by atoms with E-state index in [9.17, 15) is 0 Å². The lowest BCUT2D eigenvalue weighted by Gasteiger charge is -2.32. The summed E-state index contributed by atoms with van der Waals surface area (Å²) in [6, 6.07) is 4.21. The molecular formula is C28H51NO. The van der Waals surface area contributed by atoms with E-state index in [0.29, 0.717) is 0 Å². The Hall–Kier alpha value is -1.18. The Bertz CT molecular complexity index is 592. The summed E-state index contributed by atoms with van der Waals surface area (Å²) in [5.74, 6) is 0.915. The molecule has 2 nitrogen and oxygen atoms in total. The Morgan fingerprint density at radius 3 is 1.57 bits per heavy atom. The maximum atomic E-state index is 6.35. The van der Waals surface area contributed by atoms with Gasteiger partial charge in [-0.05, 0) is 28.9 Å². The average molecular weight is 418 g/mol. The van der Waals surface area contributed by atoms with E-state index in [0.717, 1.165) is 24.5 Å². The standard InChI is InChI=1S/C28H51NO/c1-8-9-10-11-12-13-14-15-16-17-18-19-22-30-26-24(29)21-20-23(27(2,3)4)25(26)28(5,6)7/h20-21H,8-19,22,29H2,1-7H3. The van der Waals surface area contributed by atoms with Gasteiger partial charge in [-0.2, -0.15) is 0 Å². The molecule has 0 aromatic heterocycles. The molecule has 0 aliphatic carbocycles. The molecule has 0 atom stereocenters. The van der Waals surface area contributed by atoms with Crippen molar-refractivity contribution in [1.82, 2.24) is 0 Å². The Balaban J connectivity index is 2.38. The highest BCUT2D eigenvalue weighted by Gasteiger charge is 2.29. The van der Waals surface area contributed by atoms with Gasteiger partial charge in [0.2, 0.25) is 0 Å². The summed E-state index contributed by atoms with van der Waals surface area (Å²) >= 11 is 0. The minimum Gasteiger partial charge on any atom is -0.491 e. The molecule has 0 unspecified atom stereocenters. The normalized spacial score (nSPS) is 12.4. The third-order valence-electron chi connectivity index (χ3n) is 5.99. The Kier molecular flexibility index (Phi) is 11.9. The molecule has 30 heavy (non-hydrogen) atoms. The molecule has 174 valence electrons. The van der Waals surface area contributed by atoms with Crippen molar-refractivity contribution in [2.45, 2.75) is 136 Å². The summed E-state index contributed by atoms with van der Waals surface area (Å²) in [4.78, 5) is 0. The molecule has 0 heterocycles. The molecule has 0 radical (unpaired) electrons. The molecule has 0 amide bonds. The van der Waals surface area contributed by atoms with E-state index in [2.05, 4.69) is 54.5 Å². The average Bonchev–Trinajstić information content (AvgIpc) is 2.64. The minimum absolute atomic E-state index is 0.00384. The summed E-state index contributed by atoms with van der Waals surface area (Å²) < 4.78 is 6.30. The van der Waals surface area contributed by atoms with Crippen molar-refractivity contribution < 1.29 is 4.74 Å². The maximum Gasteiger partial charge on any atom is 0.146 e. The molecule has 0 saturated carbocycles. The van der Waals surface area contributed by atoms with Crippen LogP contribution < -0.4 is 10.5 Å². The van der Waals surface area contributed by atoms with Gasteiger partial charge < -0.3 is 10.5 Å². The molecule has 0 fully saturated rings. The number of nitrogens with two attached hydrogens (primary N) is 1. The van der Waals surface area contributed by atoms with Gasteiger partial charge in [0.05, 0.1) is 12.3 Å². The van der Waals surface area contributed by atoms with E-state index in [4.69, 9.17) is 10.5 Å². The van der Waals surface area contributed by atoms with E-state index in [-0.39, 0.29) is 10.8 Å². The highest BCUT2D eigenvalue weighted by atomic mass is 16.5. The van der Waals surface area contributed by atoms with E-state index in [1.807, 2.05) is 6.07 Å². The summed E-state index contributed by atoms with van der Waals surface area (Å²) in [5.41, 5.74) is 9.81. The first-order valence-electron chi connectivity index (χ1n) is 12.6. The van der Waals surface area contributed by atoms with Crippen LogP contribution in [0.1, 0.15) is 137 Å². The van der Waals surface area contributed by atoms with Crippen molar-refractivity contribution in [1.29, 1.82) is 0 Å². The molecule has 1 aromatic carbocycles. The van der Waals surface area contributed by atoms with Crippen LogP contribution in [0, 0.1) is 0 Å².